The second-order valence-electron chi connectivity index (χ2n) is 6.66. The third kappa shape index (κ3) is 3.44. The van der Waals surface area contributed by atoms with Crippen molar-refractivity contribution in [3.63, 3.8) is 0 Å². The van der Waals surface area contributed by atoms with Crippen molar-refractivity contribution in [2.45, 2.75) is 26.8 Å². The summed E-state index contributed by atoms with van der Waals surface area (Å²) in [7, 11) is 0. The predicted molar refractivity (Wildman–Crippen MR) is 106 cm³/mol. The Kier molecular flexibility index (Phi) is 4.52. The lowest BCUT2D eigenvalue weighted by Gasteiger charge is -2.15. The van der Waals surface area contributed by atoms with Crippen LogP contribution >= 0.6 is 0 Å². The SMILES string of the molecule is Cc1cnc(-c2cc(O)c3ncnc(N[C@H](C)c4ccc(C)nn4)c3c2)nc1. The van der Waals surface area contributed by atoms with Gasteiger partial charge in [-0.25, -0.2) is 19.9 Å². The Labute approximate surface area is 161 Å². The molecule has 0 fully saturated rings. The van der Waals surface area contributed by atoms with Gasteiger partial charge in [0.25, 0.3) is 0 Å². The first-order chi connectivity index (χ1) is 13.5. The van der Waals surface area contributed by atoms with Crippen LogP contribution in [-0.2, 0) is 0 Å². The second-order valence-corrected chi connectivity index (χ2v) is 6.66. The molecule has 0 aliphatic rings. The molecule has 4 aromatic rings. The second kappa shape index (κ2) is 7.15. The largest absolute Gasteiger partial charge is 0.506 e. The van der Waals surface area contributed by atoms with Gasteiger partial charge in [-0.1, -0.05) is 0 Å². The minimum absolute atomic E-state index is 0.0462. The zero-order valence-electron chi connectivity index (χ0n) is 15.7. The van der Waals surface area contributed by atoms with Crippen LogP contribution in [0.25, 0.3) is 22.3 Å². The smallest absolute Gasteiger partial charge is 0.159 e. The molecule has 8 heteroatoms. The van der Waals surface area contributed by atoms with E-state index in [1.54, 1.807) is 18.5 Å². The number of fused-ring (bicyclic) bond motifs is 1. The molecule has 0 saturated heterocycles. The van der Waals surface area contributed by atoms with E-state index >= 15 is 0 Å². The molecule has 0 spiro atoms. The van der Waals surface area contributed by atoms with Crippen molar-refractivity contribution >= 4 is 16.7 Å². The summed E-state index contributed by atoms with van der Waals surface area (Å²) in [5, 5.41) is 22.8. The summed E-state index contributed by atoms with van der Waals surface area (Å²) in [6.07, 6.45) is 4.89. The minimum atomic E-state index is -0.132. The highest BCUT2D eigenvalue weighted by molar-refractivity contribution is 5.95. The number of aryl methyl sites for hydroxylation is 2. The number of hydrogen-bond acceptors (Lipinski definition) is 8. The summed E-state index contributed by atoms with van der Waals surface area (Å²) in [4.78, 5) is 17.3. The summed E-state index contributed by atoms with van der Waals surface area (Å²) in [5.41, 5.74) is 3.75. The van der Waals surface area contributed by atoms with Crippen LogP contribution in [-0.4, -0.2) is 35.2 Å². The topological polar surface area (TPSA) is 110 Å². The molecule has 1 atom stereocenters. The van der Waals surface area contributed by atoms with Crippen molar-refractivity contribution in [2.24, 2.45) is 0 Å². The molecule has 2 N–H and O–H groups in total. The monoisotopic (exact) mass is 373 g/mol. The first kappa shape index (κ1) is 17.7. The van der Waals surface area contributed by atoms with E-state index in [0.29, 0.717) is 28.1 Å². The third-order valence-corrected chi connectivity index (χ3v) is 4.37. The lowest BCUT2D eigenvalue weighted by Crippen LogP contribution is -2.11. The molecule has 140 valence electrons. The molecule has 0 amide bonds. The Hall–Kier alpha value is -3.68. The Balaban J connectivity index is 1.76. The fraction of sp³-hybridized carbons (Fsp3) is 0.200. The number of benzene rings is 1. The van der Waals surface area contributed by atoms with Crippen molar-refractivity contribution in [3.05, 3.63) is 59.9 Å². The van der Waals surface area contributed by atoms with E-state index in [-0.39, 0.29) is 11.8 Å². The van der Waals surface area contributed by atoms with E-state index in [1.165, 1.54) is 6.33 Å². The highest BCUT2D eigenvalue weighted by Gasteiger charge is 2.15. The molecule has 1 aromatic carbocycles. The van der Waals surface area contributed by atoms with Gasteiger partial charge in [0.1, 0.15) is 23.4 Å². The average molecular weight is 373 g/mol. The first-order valence-corrected chi connectivity index (χ1v) is 8.85. The molecule has 3 heterocycles. The zero-order chi connectivity index (χ0) is 19.7. The van der Waals surface area contributed by atoms with Crippen LogP contribution in [0.1, 0.15) is 29.9 Å². The maximum absolute atomic E-state index is 10.5. The van der Waals surface area contributed by atoms with Gasteiger partial charge < -0.3 is 10.4 Å². The van der Waals surface area contributed by atoms with Crippen LogP contribution in [0, 0.1) is 13.8 Å². The number of aromatic hydroxyl groups is 1. The van der Waals surface area contributed by atoms with Crippen molar-refractivity contribution in [2.75, 3.05) is 5.32 Å². The van der Waals surface area contributed by atoms with Crippen molar-refractivity contribution < 1.29 is 5.11 Å². The summed E-state index contributed by atoms with van der Waals surface area (Å²) in [5.74, 6) is 1.16. The van der Waals surface area contributed by atoms with Gasteiger partial charge in [0, 0.05) is 23.3 Å². The summed E-state index contributed by atoms with van der Waals surface area (Å²) < 4.78 is 0. The van der Waals surface area contributed by atoms with Gasteiger partial charge in [0.2, 0.25) is 0 Å². The number of phenols is 1. The number of nitrogens with one attached hydrogen (secondary N) is 1. The summed E-state index contributed by atoms with van der Waals surface area (Å²) in [6, 6.07) is 7.19. The number of aromatic nitrogens is 6. The Morgan fingerprint density at radius 3 is 2.46 bits per heavy atom. The van der Waals surface area contributed by atoms with Gasteiger partial charge in [-0.05, 0) is 50.6 Å². The molecule has 0 aliphatic carbocycles. The molecular formula is C20H19N7O. The Bertz CT molecular complexity index is 1130. The minimum Gasteiger partial charge on any atom is -0.506 e. The van der Waals surface area contributed by atoms with E-state index in [2.05, 4.69) is 35.5 Å². The molecule has 3 aromatic heterocycles. The normalized spacial score (nSPS) is 12.1. The van der Waals surface area contributed by atoms with Crippen LogP contribution in [0.5, 0.6) is 5.75 Å². The van der Waals surface area contributed by atoms with Crippen LogP contribution in [0.2, 0.25) is 0 Å². The van der Waals surface area contributed by atoms with Gasteiger partial charge >= 0.3 is 0 Å². The van der Waals surface area contributed by atoms with E-state index in [0.717, 1.165) is 17.0 Å². The van der Waals surface area contributed by atoms with Gasteiger partial charge in [0.15, 0.2) is 5.82 Å². The summed E-state index contributed by atoms with van der Waals surface area (Å²) in [6.45, 7) is 5.79. The quantitative estimate of drug-likeness (QED) is 0.560. The van der Waals surface area contributed by atoms with Gasteiger partial charge in [-0.15, -0.1) is 0 Å². The highest BCUT2D eigenvalue weighted by Crippen LogP contribution is 2.33. The number of nitrogens with zero attached hydrogens (tertiary/aromatic N) is 6. The van der Waals surface area contributed by atoms with Gasteiger partial charge in [0.05, 0.1) is 17.4 Å². The summed E-state index contributed by atoms with van der Waals surface area (Å²) >= 11 is 0. The fourth-order valence-corrected chi connectivity index (χ4v) is 2.85. The number of hydrogen-bond donors (Lipinski definition) is 2. The van der Waals surface area contributed by atoms with Crippen LogP contribution < -0.4 is 5.32 Å². The molecule has 4 rings (SSSR count). The molecule has 8 nitrogen and oxygen atoms in total. The standard InChI is InChI=1S/C20H19N7O/c1-11-8-21-19(22-9-11)14-6-15-18(17(28)7-14)23-10-24-20(15)25-13(3)16-5-4-12(2)26-27-16/h4-10,13,28H,1-3H3,(H,23,24,25)/t13-/m1/s1. The van der Waals surface area contributed by atoms with Crippen LogP contribution in [0.3, 0.4) is 0 Å². The molecule has 0 saturated carbocycles. The van der Waals surface area contributed by atoms with Crippen molar-refractivity contribution in [3.8, 4) is 17.1 Å². The highest BCUT2D eigenvalue weighted by atomic mass is 16.3. The van der Waals surface area contributed by atoms with E-state index in [4.69, 9.17) is 0 Å². The van der Waals surface area contributed by atoms with Crippen LogP contribution in [0.4, 0.5) is 5.82 Å². The molecule has 0 aliphatic heterocycles. The van der Waals surface area contributed by atoms with Gasteiger partial charge in [-0.3, -0.25) is 0 Å². The predicted octanol–water partition coefficient (Wildman–Crippen LogP) is 3.37. The molecule has 0 bridgehead atoms. The van der Waals surface area contributed by atoms with E-state index in [9.17, 15) is 5.11 Å². The van der Waals surface area contributed by atoms with Crippen molar-refractivity contribution in [1.29, 1.82) is 0 Å². The maximum atomic E-state index is 10.5. The number of anilines is 1. The first-order valence-electron chi connectivity index (χ1n) is 8.85. The lowest BCUT2D eigenvalue weighted by atomic mass is 10.1. The van der Waals surface area contributed by atoms with Crippen molar-refractivity contribution in [1.82, 2.24) is 30.1 Å². The third-order valence-electron chi connectivity index (χ3n) is 4.37. The molecular weight excluding hydrogens is 354 g/mol. The van der Waals surface area contributed by atoms with Crippen LogP contribution in [0.15, 0.2) is 43.0 Å². The Morgan fingerprint density at radius 2 is 1.75 bits per heavy atom. The fourth-order valence-electron chi connectivity index (χ4n) is 2.85. The van der Waals surface area contributed by atoms with E-state index in [1.807, 2.05) is 39.0 Å². The maximum Gasteiger partial charge on any atom is 0.159 e. The molecule has 0 unspecified atom stereocenters. The average Bonchev–Trinajstić information content (AvgIpc) is 2.69. The zero-order valence-corrected chi connectivity index (χ0v) is 15.7. The molecule has 28 heavy (non-hydrogen) atoms. The number of phenolic OH excluding ortho intramolecular Hbond substituents is 1. The van der Waals surface area contributed by atoms with E-state index < -0.39 is 0 Å². The van der Waals surface area contributed by atoms with Gasteiger partial charge in [-0.2, -0.15) is 10.2 Å². The molecule has 0 radical (unpaired) electrons. The lowest BCUT2D eigenvalue weighted by molar-refractivity contribution is 0.480. The number of rotatable bonds is 4. The Morgan fingerprint density at radius 1 is 0.964 bits per heavy atom.